The second-order valence-electron chi connectivity index (χ2n) is 3.77. The molecule has 90 valence electrons. The third-order valence-electron chi connectivity index (χ3n) is 2.53. The number of ether oxygens (including phenoxy) is 1. The van der Waals surface area contributed by atoms with Crippen LogP contribution in [0.1, 0.15) is 20.8 Å². The van der Waals surface area contributed by atoms with E-state index >= 15 is 0 Å². The van der Waals surface area contributed by atoms with Crippen molar-refractivity contribution in [1.82, 2.24) is 0 Å². The Morgan fingerprint density at radius 1 is 1.39 bits per heavy atom. The summed E-state index contributed by atoms with van der Waals surface area (Å²) < 4.78 is 5.66. The summed E-state index contributed by atoms with van der Waals surface area (Å²) in [4.78, 5) is 11.8. The molecule has 0 saturated heterocycles. The van der Waals surface area contributed by atoms with Gasteiger partial charge in [0.1, 0.15) is 18.4 Å². The molecule has 0 amide bonds. The Hall–Kier alpha value is -2.12. The number of hydrogen-bond donors (Lipinski definition) is 0. The quantitative estimate of drug-likeness (QED) is 0.623. The summed E-state index contributed by atoms with van der Waals surface area (Å²) in [7, 11) is 0. The Morgan fingerprint density at radius 2 is 2.17 bits per heavy atom. The van der Waals surface area contributed by atoms with Crippen LogP contribution in [0.15, 0.2) is 35.7 Å². The fraction of sp³-hybridized carbons (Fsp3) is 0.143. The van der Waals surface area contributed by atoms with Crippen LogP contribution in [0.3, 0.4) is 0 Å². The molecule has 0 fully saturated rings. The van der Waals surface area contributed by atoms with Crippen molar-refractivity contribution >= 4 is 17.1 Å². The number of para-hydroxylation sites is 1. The smallest absolute Gasteiger partial charge is 0.272 e. The Labute approximate surface area is 109 Å². The molecule has 1 heterocycles. The van der Waals surface area contributed by atoms with Crippen LogP contribution in [0.2, 0.25) is 0 Å². The number of hydrogen-bond acceptors (Lipinski definition) is 4. The van der Waals surface area contributed by atoms with E-state index in [2.05, 4.69) is 0 Å². The first kappa shape index (κ1) is 12.3. The SMILES string of the molecule is Cc1ccccc1OCc1ccsc1C(=O)C#N. The first-order valence-electron chi connectivity index (χ1n) is 5.41. The zero-order chi connectivity index (χ0) is 13.0. The van der Waals surface area contributed by atoms with Gasteiger partial charge in [-0.3, -0.25) is 4.79 Å². The fourth-order valence-corrected chi connectivity index (χ4v) is 2.37. The van der Waals surface area contributed by atoms with Crippen LogP contribution in [0, 0.1) is 18.3 Å². The third kappa shape index (κ3) is 2.58. The first-order chi connectivity index (χ1) is 8.72. The van der Waals surface area contributed by atoms with Crippen molar-refractivity contribution in [2.45, 2.75) is 13.5 Å². The summed E-state index contributed by atoms with van der Waals surface area (Å²) in [6.07, 6.45) is 0. The molecular formula is C14H11NO2S. The number of thiophene rings is 1. The van der Waals surface area contributed by atoms with Gasteiger partial charge < -0.3 is 4.74 Å². The van der Waals surface area contributed by atoms with E-state index in [4.69, 9.17) is 10.00 Å². The van der Waals surface area contributed by atoms with Gasteiger partial charge in [-0.15, -0.1) is 11.3 Å². The molecule has 0 bridgehead atoms. The van der Waals surface area contributed by atoms with E-state index in [-0.39, 0.29) is 0 Å². The van der Waals surface area contributed by atoms with E-state index in [0.717, 1.165) is 16.9 Å². The van der Waals surface area contributed by atoms with Crippen molar-refractivity contribution in [1.29, 1.82) is 5.26 Å². The molecule has 4 heteroatoms. The minimum absolute atomic E-state index is 0.303. The van der Waals surface area contributed by atoms with Gasteiger partial charge in [0, 0.05) is 5.56 Å². The standard InChI is InChI=1S/C14H11NO2S/c1-10-4-2-3-5-13(10)17-9-11-6-7-18-14(11)12(16)8-15/h2-7H,9H2,1H3. The Bertz CT molecular complexity index is 610. The average molecular weight is 257 g/mol. The molecule has 0 aliphatic heterocycles. The normalized spacial score (nSPS) is 9.78. The lowest BCUT2D eigenvalue weighted by molar-refractivity contribution is 0.105. The van der Waals surface area contributed by atoms with Crippen molar-refractivity contribution in [3.63, 3.8) is 0 Å². The highest BCUT2D eigenvalue weighted by atomic mass is 32.1. The number of aryl methyl sites for hydroxylation is 1. The van der Waals surface area contributed by atoms with E-state index in [0.29, 0.717) is 11.5 Å². The maximum absolute atomic E-state index is 11.4. The average Bonchev–Trinajstić information content (AvgIpc) is 2.85. The Kier molecular flexibility index (Phi) is 3.75. The highest BCUT2D eigenvalue weighted by molar-refractivity contribution is 7.12. The number of Topliss-reactive ketones (excluding diaryl/α,β-unsaturated/α-hetero) is 1. The molecule has 2 rings (SSSR count). The van der Waals surface area contributed by atoms with Crippen LogP contribution in [0.5, 0.6) is 5.75 Å². The topological polar surface area (TPSA) is 50.1 Å². The second-order valence-corrected chi connectivity index (χ2v) is 4.69. The minimum Gasteiger partial charge on any atom is -0.489 e. The van der Waals surface area contributed by atoms with E-state index in [1.54, 1.807) is 11.4 Å². The minimum atomic E-state index is -0.506. The molecule has 0 N–H and O–H groups in total. The molecule has 0 radical (unpaired) electrons. The second kappa shape index (κ2) is 5.48. The van der Waals surface area contributed by atoms with Gasteiger partial charge in [-0.2, -0.15) is 5.26 Å². The lowest BCUT2D eigenvalue weighted by Crippen LogP contribution is -2.01. The summed E-state index contributed by atoms with van der Waals surface area (Å²) in [6, 6.07) is 11.1. The predicted molar refractivity (Wildman–Crippen MR) is 69.8 cm³/mol. The van der Waals surface area contributed by atoms with Crippen molar-refractivity contribution in [3.05, 3.63) is 51.7 Å². The van der Waals surface area contributed by atoms with Gasteiger partial charge in [-0.1, -0.05) is 18.2 Å². The lowest BCUT2D eigenvalue weighted by Gasteiger charge is -2.08. The molecular weight excluding hydrogens is 246 g/mol. The van der Waals surface area contributed by atoms with Gasteiger partial charge in [0.25, 0.3) is 5.78 Å². The molecule has 0 aliphatic rings. The third-order valence-corrected chi connectivity index (χ3v) is 3.49. The predicted octanol–water partition coefficient (Wildman–Crippen LogP) is 3.34. The summed E-state index contributed by atoms with van der Waals surface area (Å²) >= 11 is 1.27. The van der Waals surface area contributed by atoms with Gasteiger partial charge in [0.05, 0.1) is 4.88 Å². The molecule has 3 nitrogen and oxygen atoms in total. The molecule has 0 unspecified atom stereocenters. The highest BCUT2D eigenvalue weighted by Crippen LogP contribution is 2.22. The van der Waals surface area contributed by atoms with Crippen molar-refractivity contribution in [3.8, 4) is 11.8 Å². The number of carbonyl (C=O) groups is 1. The number of carbonyl (C=O) groups excluding carboxylic acids is 1. The Morgan fingerprint density at radius 3 is 2.89 bits per heavy atom. The molecule has 0 spiro atoms. The van der Waals surface area contributed by atoms with Crippen LogP contribution in [0.25, 0.3) is 0 Å². The summed E-state index contributed by atoms with van der Waals surface area (Å²) in [5.74, 6) is 0.285. The van der Waals surface area contributed by atoms with Crippen molar-refractivity contribution in [2.24, 2.45) is 0 Å². The van der Waals surface area contributed by atoms with Crippen LogP contribution in [0.4, 0.5) is 0 Å². The van der Waals surface area contributed by atoms with Gasteiger partial charge >= 0.3 is 0 Å². The van der Waals surface area contributed by atoms with Crippen LogP contribution in [-0.4, -0.2) is 5.78 Å². The number of nitrogens with zero attached hydrogens (tertiary/aromatic N) is 1. The highest BCUT2D eigenvalue weighted by Gasteiger charge is 2.13. The lowest BCUT2D eigenvalue weighted by atomic mass is 10.2. The maximum atomic E-state index is 11.4. The monoisotopic (exact) mass is 257 g/mol. The van der Waals surface area contributed by atoms with Crippen molar-refractivity contribution < 1.29 is 9.53 Å². The zero-order valence-corrected chi connectivity index (χ0v) is 10.7. The van der Waals surface area contributed by atoms with Gasteiger partial charge in [0.2, 0.25) is 0 Å². The van der Waals surface area contributed by atoms with E-state index in [9.17, 15) is 4.79 Å². The molecule has 0 aliphatic carbocycles. The van der Waals surface area contributed by atoms with Crippen LogP contribution >= 0.6 is 11.3 Å². The zero-order valence-electron chi connectivity index (χ0n) is 9.84. The van der Waals surface area contributed by atoms with Gasteiger partial charge in [-0.05, 0) is 30.0 Å². The van der Waals surface area contributed by atoms with E-state index in [1.165, 1.54) is 11.3 Å². The number of ketones is 1. The van der Waals surface area contributed by atoms with Crippen LogP contribution < -0.4 is 4.74 Å². The number of nitriles is 1. The van der Waals surface area contributed by atoms with Gasteiger partial charge in [-0.25, -0.2) is 0 Å². The van der Waals surface area contributed by atoms with Gasteiger partial charge in [0.15, 0.2) is 0 Å². The number of benzene rings is 1. The van der Waals surface area contributed by atoms with Crippen LogP contribution in [-0.2, 0) is 6.61 Å². The summed E-state index contributed by atoms with van der Waals surface area (Å²) in [6.45, 7) is 2.27. The molecule has 2 aromatic rings. The fourth-order valence-electron chi connectivity index (χ4n) is 1.57. The van der Waals surface area contributed by atoms with E-state index < -0.39 is 5.78 Å². The first-order valence-corrected chi connectivity index (χ1v) is 6.29. The number of rotatable bonds is 4. The van der Waals surface area contributed by atoms with E-state index in [1.807, 2.05) is 37.3 Å². The molecule has 0 saturated carbocycles. The molecule has 1 aromatic carbocycles. The summed E-state index contributed by atoms with van der Waals surface area (Å²) in [5, 5.41) is 10.4. The van der Waals surface area contributed by atoms with Crippen molar-refractivity contribution in [2.75, 3.05) is 0 Å². The molecule has 18 heavy (non-hydrogen) atoms. The Balaban J connectivity index is 2.12. The summed E-state index contributed by atoms with van der Waals surface area (Å²) in [5.41, 5.74) is 1.80. The molecule has 1 aromatic heterocycles. The largest absolute Gasteiger partial charge is 0.489 e. The molecule has 0 atom stereocenters. The maximum Gasteiger partial charge on any atom is 0.272 e.